The number of carbonyl (C=O) groups excluding carboxylic acids is 1. The highest BCUT2D eigenvalue weighted by atomic mass is 35.5. The number of amides is 1. The van der Waals surface area contributed by atoms with Crippen molar-refractivity contribution in [2.45, 2.75) is 11.8 Å². The van der Waals surface area contributed by atoms with Crippen LogP contribution in [0.1, 0.15) is 16.8 Å². The number of hydrogen-bond donors (Lipinski definition) is 0. The third-order valence-corrected chi connectivity index (χ3v) is 3.64. The highest BCUT2D eigenvalue weighted by molar-refractivity contribution is 6.21. The smallest absolute Gasteiger partial charge is 0.256 e. The summed E-state index contributed by atoms with van der Waals surface area (Å²) in [5.41, 5.74) is 1.43. The van der Waals surface area contributed by atoms with E-state index in [2.05, 4.69) is 4.98 Å². The summed E-state index contributed by atoms with van der Waals surface area (Å²) in [6.45, 7) is 1.36. The van der Waals surface area contributed by atoms with Gasteiger partial charge in [0.15, 0.2) is 0 Å². The molecule has 3 nitrogen and oxygen atoms in total. The molecule has 92 valence electrons. The van der Waals surface area contributed by atoms with Gasteiger partial charge < -0.3 is 4.90 Å². The Morgan fingerprint density at radius 3 is 2.94 bits per heavy atom. The van der Waals surface area contributed by atoms with Crippen LogP contribution in [-0.2, 0) is 0 Å². The van der Waals surface area contributed by atoms with Gasteiger partial charge in [-0.25, -0.2) is 0 Å². The number of alkyl halides is 1. The number of aromatic nitrogens is 1. The van der Waals surface area contributed by atoms with Gasteiger partial charge >= 0.3 is 0 Å². The van der Waals surface area contributed by atoms with Gasteiger partial charge in [0.05, 0.1) is 16.5 Å². The van der Waals surface area contributed by atoms with E-state index in [0.29, 0.717) is 12.1 Å². The lowest BCUT2D eigenvalue weighted by atomic mass is 10.1. The Balaban J connectivity index is 2.01. The summed E-state index contributed by atoms with van der Waals surface area (Å²) >= 11 is 6.05. The van der Waals surface area contributed by atoms with Gasteiger partial charge in [-0.1, -0.05) is 18.2 Å². The molecule has 1 aromatic carbocycles. The number of pyridine rings is 1. The van der Waals surface area contributed by atoms with Gasteiger partial charge in [0, 0.05) is 24.7 Å². The molecule has 0 radical (unpaired) electrons. The van der Waals surface area contributed by atoms with E-state index in [1.54, 1.807) is 11.1 Å². The minimum absolute atomic E-state index is 0.0300. The van der Waals surface area contributed by atoms with Gasteiger partial charge in [-0.2, -0.15) is 0 Å². The van der Waals surface area contributed by atoms with Crippen molar-refractivity contribution < 1.29 is 4.79 Å². The number of nitrogens with zero attached hydrogens (tertiary/aromatic N) is 2. The van der Waals surface area contributed by atoms with Gasteiger partial charge in [0.1, 0.15) is 0 Å². The molecule has 4 heteroatoms. The van der Waals surface area contributed by atoms with E-state index < -0.39 is 0 Å². The summed E-state index contributed by atoms with van der Waals surface area (Å²) < 4.78 is 0. The van der Waals surface area contributed by atoms with Crippen LogP contribution in [0.4, 0.5) is 0 Å². The molecule has 1 atom stereocenters. The fraction of sp³-hybridized carbons (Fsp3) is 0.286. The summed E-state index contributed by atoms with van der Waals surface area (Å²) in [6.07, 6.45) is 2.58. The average Bonchev–Trinajstić information content (AvgIpc) is 2.84. The minimum atomic E-state index is 0.0300. The van der Waals surface area contributed by atoms with Crippen molar-refractivity contribution in [2.24, 2.45) is 0 Å². The van der Waals surface area contributed by atoms with Crippen LogP contribution >= 0.6 is 11.6 Å². The topological polar surface area (TPSA) is 33.2 Å². The van der Waals surface area contributed by atoms with Gasteiger partial charge in [-0.05, 0) is 18.6 Å². The monoisotopic (exact) mass is 260 g/mol. The van der Waals surface area contributed by atoms with Crippen molar-refractivity contribution in [3.63, 3.8) is 0 Å². The largest absolute Gasteiger partial charge is 0.337 e. The maximum atomic E-state index is 12.4. The standard InChI is InChI=1S/C14H13ClN2O/c15-11-6-8-17(9-11)14(18)12-5-1-3-10-4-2-7-16-13(10)12/h1-5,7,11H,6,8-9H2. The number of rotatable bonds is 1. The predicted molar refractivity (Wildman–Crippen MR) is 71.9 cm³/mol. The number of likely N-dealkylation sites (tertiary alicyclic amines) is 1. The van der Waals surface area contributed by atoms with Crippen LogP contribution < -0.4 is 0 Å². The number of halogens is 1. The highest BCUT2D eigenvalue weighted by Gasteiger charge is 2.26. The molecule has 0 spiro atoms. The first kappa shape index (κ1) is 11.5. The highest BCUT2D eigenvalue weighted by Crippen LogP contribution is 2.21. The Bertz CT molecular complexity index is 594. The summed E-state index contributed by atoms with van der Waals surface area (Å²) in [5.74, 6) is 0.0300. The second kappa shape index (κ2) is 4.58. The van der Waals surface area contributed by atoms with E-state index in [1.165, 1.54) is 0 Å². The van der Waals surface area contributed by atoms with E-state index in [9.17, 15) is 4.79 Å². The van der Waals surface area contributed by atoms with Crippen molar-refractivity contribution in [2.75, 3.05) is 13.1 Å². The molecule has 1 aromatic heterocycles. The first-order chi connectivity index (χ1) is 8.75. The number of carbonyl (C=O) groups is 1. The molecule has 1 saturated heterocycles. The van der Waals surface area contributed by atoms with Crippen molar-refractivity contribution in [3.05, 3.63) is 42.1 Å². The molecule has 1 fully saturated rings. The molecule has 1 aliphatic rings. The van der Waals surface area contributed by atoms with Gasteiger partial charge in [0.2, 0.25) is 0 Å². The first-order valence-corrected chi connectivity index (χ1v) is 6.46. The van der Waals surface area contributed by atoms with Crippen molar-refractivity contribution in [1.82, 2.24) is 9.88 Å². The van der Waals surface area contributed by atoms with Gasteiger partial charge in [-0.15, -0.1) is 11.6 Å². The van der Waals surface area contributed by atoms with Crippen LogP contribution in [0.25, 0.3) is 10.9 Å². The maximum Gasteiger partial charge on any atom is 0.256 e. The van der Waals surface area contributed by atoms with Crippen LogP contribution in [0, 0.1) is 0 Å². The van der Waals surface area contributed by atoms with E-state index in [0.717, 1.165) is 23.9 Å². The molecular formula is C14H13ClN2O. The molecule has 1 aliphatic heterocycles. The quantitative estimate of drug-likeness (QED) is 0.739. The van der Waals surface area contributed by atoms with E-state index >= 15 is 0 Å². The zero-order valence-corrected chi connectivity index (χ0v) is 10.6. The summed E-state index contributed by atoms with van der Waals surface area (Å²) in [6, 6.07) is 9.53. The third kappa shape index (κ3) is 1.95. The molecule has 0 aliphatic carbocycles. The van der Waals surface area contributed by atoms with Crippen LogP contribution in [0.5, 0.6) is 0 Å². The second-order valence-corrected chi connectivity index (χ2v) is 5.14. The Labute approximate surface area is 110 Å². The van der Waals surface area contributed by atoms with Crippen molar-refractivity contribution in [3.8, 4) is 0 Å². The Morgan fingerprint density at radius 2 is 2.17 bits per heavy atom. The zero-order valence-electron chi connectivity index (χ0n) is 9.84. The molecule has 0 bridgehead atoms. The minimum Gasteiger partial charge on any atom is -0.337 e. The van der Waals surface area contributed by atoms with Crippen LogP contribution in [-0.4, -0.2) is 34.3 Å². The van der Waals surface area contributed by atoms with E-state index in [1.807, 2.05) is 30.3 Å². The van der Waals surface area contributed by atoms with Gasteiger partial charge in [-0.3, -0.25) is 9.78 Å². The molecule has 18 heavy (non-hydrogen) atoms. The maximum absolute atomic E-state index is 12.4. The number of fused-ring (bicyclic) bond motifs is 1. The van der Waals surface area contributed by atoms with Crippen LogP contribution in [0.15, 0.2) is 36.5 Å². The number of hydrogen-bond acceptors (Lipinski definition) is 2. The SMILES string of the molecule is O=C(c1cccc2cccnc12)N1CCC(Cl)C1. The van der Waals surface area contributed by atoms with Crippen LogP contribution in [0.2, 0.25) is 0 Å². The zero-order chi connectivity index (χ0) is 12.5. The molecule has 3 rings (SSSR count). The third-order valence-electron chi connectivity index (χ3n) is 3.28. The summed E-state index contributed by atoms with van der Waals surface area (Å²) in [4.78, 5) is 18.6. The predicted octanol–water partition coefficient (Wildman–Crippen LogP) is 2.69. The lowest BCUT2D eigenvalue weighted by Crippen LogP contribution is -2.29. The van der Waals surface area contributed by atoms with E-state index in [-0.39, 0.29) is 11.3 Å². The molecule has 1 unspecified atom stereocenters. The fourth-order valence-electron chi connectivity index (χ4n) is 2.35. The summed E-state index contributed by atoms with van der Waals surface area (Å²) in [5, 5.41) is 1.07. The number of para-hydroxylation sites is 1. The molecule has 1 amide bonds. The van der Waals surface area contributed by atoms with Gasteiger partial charge in [0.25, 0.3) is 5.91 Å². The average molecular weight is 261 g/mol. The van der Waals surface area contributed by atoms with Crippen LogP contribution in [0.3, 0.4) is 0 Å². The molecule has 2 heterocycles. The molecule has 0 N–H and O–H groups in total. The Hall–Kier alpha value is -1.61. The molecule has 2 aromatic rings. The normalized spacial score (nSPS) is 19.4. The number of benzene rings is 1. The molecular weight excluding hydrogens is 248 g/mol. The Kier molecular flexibility index (Phi) is 2.92. The lowest BCUT2D eigenvalue weighted by molar-refractivity contribution is 0.0795. The molecule has 0 saturated carbocycles. The van der Waals surface area contributed by atoms with Crippen molar-refractivity contribution >= 4 is 28.4 Å². The first-order valence-electron chi connectivity index (χ1n) is 6.03. The fourth-order valence-corrected chi connectivity index (χ4v) is 2.61. The second-order valence-electron chi connectivity index (χ2n) is 4.52. The Morgan fingerprint density at radius 1 is 1.33 bits per heavy atom. The lowest BCUT2D eigenvalue weighted by Gasteiger charge is -2.16. The van der Waals surface area contributed by atoms with Crippen molar-refractivity contribution in [1.29, 1.82) is 0 Å². The summed E-state index contributed by atoms with van der Waals surface area (Å²) in [7, 11) is 0. The van der Waals surface area contributed by atoms with E-state index in [4.69, 9.17) is 11.6 Å².